The molecule has 1 unspecified atom stereocenters. The maximum Gasteiger partial charge on any atom is 0.228 e. The van der Waals surface area contributed by atoms with Crippen molar-refractivity contribution in [3.05, 3.63) is 90.2 Å². The molecule has 0 bridgehead atoms. The van der Waals surface area contributed by atoms with Crippen LogP contribution in [0.2, 0.25) is 0 Å². The molecule has 3 aromatic carbocycles. The minimum Gasteiger partial charge on any atom is -0.325 e. The first kappa shape index (κ1) is 20.6. The van der Waals surface area contributed by atoms with Crippen molar-refractivity contribution in [3.63, 3.8) is 0 Å². The lowest BCUT2D eigenvalue weighted by Gasteiger charge is -2.32. The summed E-state index contributed by atoms with van der Waals surface area (Å²) in [5.74, 6) is -0.199. The molecule has 1 amide bonds. The largest absolute Gasteiger partial charge is 0.325 e. The van der Waals surface area contributed by atoms with Gasteiger partial charge in [-0.05, 0) is 61.3 Å². The Bertz CT molecular complexity index is 978. The van der Waals surface area contributed by atoms with Crippen molar-refractivity contribution in [1.29, 1.82) is 0 Å². The molecule has 1 fully saturated rings. The summed E-state index contributed by atoms with van der Waals surface area (Å²) in [6.07, 6.45) is 1.87. The Hall–Kier alpha value is -2.63. The maximum atomic E-state index is 13.1. The lowest BCUT2D eigenvalue weighted by atomic mass is 9.96. The number of piperidine rings is 1. The average molecular weight is 421 g/mol. The second-order valence-electron chi connectivity index (χ2n) is 7.60. The molecule has 4 rings (SSSR count). The van der Waals surface area contributed by atoms with E-state index in [1.54, 1.807) is 11.8 Å². The number of nitrogens with zero attached hydrogens (tertiary/aromatic N) is 1. The number of likely N-dealkylation sites (tertiary alicyclic amines) is 1. The molecular formula is C25H25FN2OS. The second kappa shape index (κ2) is 9.92. The van der Waals surface area contributed by atoms with E-state index in [2.05, 4.69) is 22.3 Å². The third kappa shape index (κ3) is 5.49. The van der Waals surface area contributed by atoms with Gasteiger partial charge in [-0.15, -0.1) is 0 Å². The lowest BCUT2D eigenvalue weighted by molar-refractivity contribution is -0.121. The number of hydrogen-bond acceptors (Lipinski definition) is 3. The number of halogens is 1. The fourth-order valence-corrected chi connectivity index (χ4v) is 4.69. The van der Waals surface area contributed by atoms with E-state index in [0.717, 1.165) is 53.5 Å². The van der Waals surface area contributed by atoms with Gasteiger partial charge in [-0.3, -0.25) is 9.69 Å². The van der Waals surface area contributed by atoms with Crippen molar-refractivity contribution in [2.45, 2.75) is 29.2 Å². The van der Waals surface area contributed by atoms with Gasteiger partial charge in [0.25, 0.3) is 0 Å². The highest BCUT2D eigenvalue weighted by molar-refractivity contribution is 7.99. The van der Waals surface area contributed by atoms with Crippen LogP contribution in [0, 0.1) is 11.7 Å². The normalized spacial score (nSPS) is 16.9. The summed E-state index contributed by atoms with van der Waals surface area (Å²) in [5, 5.41) is 3.16. The van der Waals surface area contributed by atoms with E-state index in [1.807, 2.05) is 54.6 Å². The van der Waals surface area contributed by atoms with Crippen LogP contribution in [0.4, 0.5) is 10.1 Å². The van der Waals surface area contributed by atoms with Crippen molar-refractivity contribution in [3.8, 4) is 0 Å². The quantitative estimate of drug-likeness (QED) is 0.545. The smallest absolute Gasteiger partial charge is 0.228 e. The topological polar surface area (TPSA) is 32.3 Å². The van der Waals surface area contributed by atoms with Crippen LogP contribution in [0.1, 0.15) is 18.4 Å². The monoisotopic (exact) mass is 420 g/mol. The minimum absolute atomic E-state index is 0.0472. The standard InChI is InChI=1S/C25H25FN2OS/c26-21-14-12-19(13-15-21)17-28-16-6-7-20(18-28)25(29)27-23-10-4-5-11-24(23)30-22-8-2-1-3-9-22/h1-5,8-15,20H,6-7,16-18H2,(H,27,29). The summed E-state index contributed by atoms with van der Waals surface area (Å²) in [7, 11) is 0. The fourth-order valence-electron chi connectivity index (χ4n) is 3.77. The number of benzene rings is 3. The number of carbonyl (C=O) groups excluding carboxylic acids is 1. The van der Waals surface area contributed by atoms with E-state index >= 15 is 0 Å². The van der Waals surface area contributed by atoms with Crippen molar-refractivity contribution >= 4 is 23.4 Å². The molecule has 154 valence electrons. The van der Waals surface area contributed by atoms with Crippen molar-refractivity contribution in [2.24, 2.45) is 5.92 Å². The van der Waals surface area contributed by atoms with E-state index in [0.29, 0.717) is 0 Å². The molecule has 3 aromatic rings. The van der Waals surface area contributed by atoms with Crippen LogP contribution in [0.3, 0.4) is 0 Å². The average Bonchev–Trinajstić information content (AvgIpc) is 2.78. The van der Waals surface area contributed by atoms with Crippen molar-refractivity contribution in [1.82, 2.24) is 4.90 Å². The first-order chi connectivity index (χ1) is 14.7. The zero-order valence-electron chi connectivity index (χ0n) is 16.8. The summed E-state index contributed by atoms with van der Waals surface area (Å²) >= 11 is 1.65. The summed E-state index contributed by atoms with van der Waals surface area (Å²) < 4.78 is 13.1. The number of amides is 1. The number of anilines is 1. The van der Waals surface area contributed by atoms with Gasteiger partial charge in [0.15, 0.2) is 0 Å². The van der Waals surface area contributed by atoms with Gasteiger partial charge in [0.1, 0.15) is 5.82 Å². The van der Waals surface area contributed by atoms with Gasteiger partial charge in [-0.2, -0.15) is 0 Å². The molecule has 0 radical (unpaired) electrons. The Morgan fingerprint density at radius 3 is 2.53 bits per heavy atom. The highest BCUT2D eigenvalue weighted by Gasteiger charge is 2.26. The van der Waals surface area contributed by atoms with E-state index in [-0.39, 0.29) is 17.6 Å². The van der Waals surface area contributed by atoms with Crippen molar-refractivity contribution in [2.75, 3.05) is 18.4 Å². The molecular weight excluding hydrogens is 395 g/mol. The molecule has 1 saturated heterocycles. The van der Waals surface area contributed by atoms with E-state index in [9.17, 15) is 9.18 Å². The summed E-state index contributed by atoms with van der Waals surface area (Å²) in [4.78, 5) is 17.5. The minimum atomic E-state index is -0.221. The third-order valence-electron chi connectivity index (χ3n) is 5.31. The highest BCUT2D eigenvalue weighted by Crippen LogP contribution is 2.33. The van der Waals surface area contributed by atoms with Gasteiger partial charge >= 0.3 is 0 Å². The van der Waals surface area contributed by atoms with Gasteiger partial charge in [0.2, 0.25) is 5.91 Å². The van der Waals surface area contributed by atoms with E-state index in [4.69, 9.17) is 0 Å². The number of nitrogens with one attached hydrogen (secondary N) is 1. The molecule has 30 heavy (non-hydrogen) atoms. The summed E-state index contributed by atoms with van der Waals surface area (Å²) in [6, 6.07) is 24.7. The number of para-hydroxylation sites is 1. The van der Waals surface area contributed by atoms with Crippen LogP contribution in [0.15, 0.2) is 88.7 Å². The van der Waals surface area contributed by atoms with Gasteiger partial charge in [0.05, 0.1) is 11.6 Å². The van der Waals surface area contributed by atoms with E-state index < -0.39 is 0 Å². The molecule has 1 heterocycles. The van der Waals surface area contributed by atoms with Crippen LogP contribution in [0.25, 0.3) is 0 Å². The van der Waals surface area contributed by atoms with E-state index in [1.165, 1.54) is 12.1 Å². The maximum absolute atomic E-state index is 13.1. The Labute approximate surface area is 181 Å². The molecule has 0 aromatic heterocycles. The van der Waals surface area contributed by atoms with Crippen molar-refractivity contribution < 1.29 is 9.18 Å². The Balaban J connectivity index is 1.39. The van der Waals surface area contributed by atoms with Crippen LogP contribution in [-0.2, 0) is 11.3 Å². The zero-order valence-corrected chi connectivity index (χ0v) is 17.6. The molecule has 0 spiro atoms. The van der Waals surface area contributed by atoms with Gasteiger partial charge in [-0.25, -0.2) is 4.39 Å². The number of rotatable bonds is 6. The predicted octanol–water partition coefficient (Wildman–Crippen LogP) is 5.83. The molecule has 1 aliphatic heterocycles. The molecule has 1 atom stereocenters. The van der Waals surface area contributed by atoms with Crippen LogP contribution < -0.4 is 5.32 Å². The number of carbonyl (C=O) groups is 1. The molecule has 3 nitrogen and oxygen atoms in total. The number of hydrogen-bond donors (Lipinski definition) is 1. The second-order valence-corrected chi connectivity index (χ2v) is 8.72. The van der Waals surface area contributed by atoms with Gasteiger partial charge in [0, 0.05) is 22.9 Å². The summed E-state index contributed by atoms with van der Waals surface area (Å²) in [5.41, 5.74) is 1.93. The van der Waals surface area contributed by atoms with Gasteiger partial charge in [-0.1, -0.05) is 54.2 Å². The zero-order chi connectivity index (χ0) is 20.8. The fraction of sp³-hybridized carbons (Fsp3) is 0.240. The Morgan fingerprint density at radius 2 is 1.73 bits per heavy atom. The molecule has 1 aliphatic rings. The van der Waals surface area contributed by atoms with Crippen LogP contribution in [-0.4, -0.2) is 23.9 Å². The Morgan fingerprint density at radius 1 is 1.00 bits per heavy atom. The van der Waals surface area contributed by atoms with Gasteiger partial charge < -0.3 is 5.32 Å². The highest BCUT2D eigenvalue weighted by atomic mass is 32.2. The summed E-state index contributed by atoms with van der Waals surface area (Å²) in [6.45, 7) is 2.42. The Kier molecular flexibility index (Phi) is 6.82. The SMILES string of the molecule is O=C(Nc1ccccc1Sc1ccccc1)C1CCCN(Cc2ccc(F)cc2)C1. The molecule has 0 aliphatic carbocycles. The first-order valence-corrected chi connectivity index (χ1v) is 11.1. The lowest BCUT2D eigenvalue weighted by Crippen LogP contribution is -2.40. The first-order valence-electron chi connectivity index (χ1n) is 10.3. The van der Waals surface area contributed by atoms with Crippen LogP contribution >= 0.6 is 11.8 Å². The molecule has 0 saturated carbocycles. The van der Waals surface area contributed by atoms with Crippen LogP contribution in [0.5, 0.6) is 0 Å². The predicted molar refractivity (Wildman–Crippen MR) is 120 cm³/mol. The third-order valence-corrected chi connectivity index (χ3v) is 6.40. The molecule has 1 N–H and O–H groups in total. The molecule has 5 heteroatoms.